The molecule has 0 radical (unpaired) electrons. The van der Waals surface area contributed by atoms with Crippen LogP contribution >= 0.6 is 0 Å². The Balaban J connectivity index is 2.31. The van der Waals surface area contributed by atoms with Crippen molar-refractivity contribution in [1.29, 1.82) is 0 Å². The number of halogens is 1. The highest BCUT2D eigenvalue weighted by atomic mass is 19.1. The zero-order valence-electron chi connectivity index (χ0n) is 11.4. The Kier molecular flexibility index (Phi) is 6.13. The van der Waals surface area contributed by atoms with Gasteiger partial charge in [0.15, 0.2) is 0 Å². The van der Waals surface area contributed by atoms with E-state index < -0.39 is 0 Å². The number of ether oxygens (including phenoxy) is 1. The van der Waals surface area contributed by atoms with Gasteiger partial charge in [0.2, 0.25) is 0 Å². The molecular weight excluding hydrogens is 229 g/mol. The van der Waals surface area contributed by atoms with E-state index in [9.17, 15) is 4.39 Å². The van der Waals surface area contributed by atoms with E-state index in [4.69, 9.17) is 10.5 Å². The predicted octanol–water partition coefficient (Wildman–Crippen LogP) is 3.75. The van der Waals surface area contributed by atoms with Crippen molar-refractivity contribution >= 4 is 0 Å². The van der Waals surface area contributed by atoms with Gasteiger partial charge in [-0.2, -0.15) is 0 Å². The molecule has 0 aliphatic carbocycles. The minimum atomic E-state index is -0.235. The molecule has 0 spiro atoms. The third-order valence-electron chi connectivity index (χ3n) is 3.87. The van der Waals surface area contributed by atoms with Crippen molar-refractivity contribution < 1.29 is 9.13 Å². The first-order valence-corrected chi connectivity index (χ1v) is 6.74. The van der Waals surface area contributed by atoms with Crippen molar-refractivity contribution in [2.75, 3.05) is 13.2 Å². The first-order chi connectivity index (χ1) is 8.65. The number of hydrogen-bond acceptors (Lipinski definition) is 2. The molecule has 0 amide bonds. The fraction of sp³-hybridized carbons (Fsp3) is 0.600. The Labute approximate surface area is 109 Å². The van der Waals surface area contributed by atoms with Gasteiger partial charge in [0, 0.05) is 0 Å². The molecule has 0 fully saturated rings. The lowest BCUT2D eigenvalue weighted by atomic mass is 9.78. The van der Waals surface area contributed by atoms with Gasteiger partial charge in [0.1, 0.15) is 11.6 Å². The maximum Gasteiger partial charge on any atom is 0.123 e. The Morgan fingerprint density at radius 2 is 1.78 bits per heavy atom. The molecule has 0 unspecified atom stereocenters. The molecule has 2 N–H and O–H groups in total. The smallest absolute Gasteiger partial charge is 0.123 e. The summed E-state index contributed by atoms with van der Waals surface area (Å²) in [5.74, 6) is 0.490. The Morgan fingerprint density at radius 1 is 1.17 bits per heavy atom. The average Bonchev–Trinajstić information content (AvgIpc) is 2.42. The van der Waals surface area contributed by atoms with E-state index >= 15 is 0 Å². The highest BCUT2D eigenvalue weighted by molar-refractivity contribution is 5.21. The quantitative estimate of drug-likeness (QED) is 0.716. The standard InChI is InChI=1S/C15H24FNO/c1-3-15(4-2,12-17)10-5-11-18-14-8-6-13(16)7-9-14/h6-9H,3-5,10-12,17H2,1-2H3. The van der Waals surface area contributed by atoms with Crippen LogP contribution in [0.2, 0.25) is 0 Å². The molecule has 0 saturated heterocycles. The monoisotopic (exact) mass is 253 g/mol. The second-order valence-electron chi connectivity index (χ2n) is 4.82. The summed E-state index contributed by atoms with van der Waals surface area (Å²) in [5, 5.41) is 0. The van der Waals surface area contributed by atoms with Gasteiger partial charge in [-0.3, -0.25) is 0 Å². The Hall–Kier alpha value is -1.09. The van der Waals surface area contributed by atoms with E-state index in [2.05, 4.69) is 13.8 Å². The molecule has 0 aliphatic rings. The van der Waals surface area contributed by atoms with Gasteiger partial charge in [-0.25, -0.2) is 4.39 Å². The van der Waals surface area contributed by atoms with Crippen molar-refractivity contribution in [1.82, 2.24) is 0 Å². The van der Waals surface area contributed by atoms with Gasteiger partial charge >= 0.3 is 0 Å². The van der Waals surface area contributed by atoms with Crippen LogP contribution < -0.4 is 10.5 Å². The summed E-state index contributed by atoms with van der Waals surface area (Å²) in [5.41, 5.74) is 6.11. The van der Waals surface area contributed by atoms with E-state index in [0.29, 0.717) is 6.61 Å². The molecule has 3 heteroatoms. The van der Waals surface area contributed by atoms with Crippen LogP contribution in [0.4, 0.5) is 4.39 Å². The molecule has 1 rings (SSSR count). The maximum absolute atomic E-state index is 12.7. The van der Waals surface area contributed by atoms with Gasteiger partial charge in [-0.05, 0) is 61.9 Å². The lowest BCUT2D eigenvalue weighted by Crippen LogP contribution is -2.29. The summed E-state index contributed by atoms with van der Waals surface area (Å²) in [6.07, 6.45) is 4.28. The molecular formula is C15H24FNO. The lowest BCUT2D eigenvalue weighted by Gasteiger charge is -2.30. The molecule has 0 aromatic heterocycles. The molecule has 0 heterocycles. The number of rotatable bonds is 8. The average molecular weight is 253 g/mol. The fourth-order valence-electron chi connectivity index (χ4n) is 2.16. The summed E-state index contributed by atoms with van der Waals surface area (Å²) in [6, 6.07) is 6.14. The molecule has 2 nitrogen and oxygen atoms in total. The van der Waals surface area contributed by atoms with Crippen molar-refractivity contribution in [3.05, 3.63) is 30.1 Å². The van der Waals surface area contributed by atoms with Crippen LogP contribution in [0.3, 0.4) is 0 Å². The summed E-state index contributed by atoms with van der Waals surface area (Å²) < 4.78 is 18.3. The molecule has 0 bridgehead atoms. The zero-order chi connectivity index (χ0) is 13.4. The first-order valence-electron chi connectivity index (χ1n) is 6.74. The molecule has 0 atom stereocenters. The van der Waals surface area contributed by atoms with Crippen LogP contribution in [0.5, 0.6) is 5.75 Å². The fourth-order valence-corrected chi connectivity index (χ4v) is 2.16. The van der Waals surface area contributed by atoms with E-state index in [0.717, 1.165) is 38.0 Å². The third kappa shape index (κ3) is 4.30. The van der Waals surface area contributed by atoms with Crippen molar-refractivity contribution in [3.63, 3.8) is 0 Å². The molecule has 1 aromatic rings. The van der Waals surface area contributed by atoms with E-state index in [1.165, 1.54) is 12.1 Å². The Morgan fingerprint density at radius 3 is 2.28 bits per heavy atom. The topological polar surface area (TPSA) is 35.2 Å². The molecule has 18 heavy (non-hydrogen) atoms. The van der Waals surface area contributed by atoms with Crippen LogP contribution in [-0.4, -0.2) is 13.2 Å². The van der Waals surface area contributed by atoms with Crippen molar-refractivity contribution in [2.24, 2.45) is 11.1 Å². The van der Waals surface area contributed by atoms with Crippen molar-refractivity contribution in [3.8, 4) is 5.75 Å². The van der Waals surface area contributed by atoms with E-state index in [-0.39, 0.29) is 11.2 Å². The van der Waals surface area contributed by atoms with Gasteiger partial charge in [-0.1, -0.05) is 13.8 Å². The van der Waals surface area contributed by atoms with Crippen LogP contribution in [0.25, 0.3) is 0 Å². The van der Waals surface area contributed by atoms with E-state index in [1.807, 2.05) is 0 Å². The van der Waals surface area contributed by atoms with Crippen LogP contribution in [0.15, 0.2) is 24.3 Å². The Bertz CT molecular complexity index is 325. The summed E-state index contributed by atoms with van der Waals surface area (Å²) >= 11 is 0. The molecule has 102 valence electrons. The summed E-state index contributed by atoms with van der Waals surface area (Å²) in [4.78, 5) is 0. The zero-order valence-corrected chi connectivity index (χ0v) is 11.4. The number of nitrogens with two attached hydrogens (primary N) is 1. The lowest BCUT2D eigenvalue weighted by molar-refractivity contribution is 0.213. The van der Waals surface area contributed by atoms with Gasteiger partial charge in [-0.15, -0.1) is 0 Å². The minimum Gasteiger partial charge on any atom is -0.494 e. The van der Waals surface area contributed by atoms with Gasteiger partial charge < -0.3 is 10.5 Å². The van der Waals surface area contributed by atoms with Crippen LogP contribution in [0, 0.1) is 11.2 Å². The second kappa shape index (κ2) is 7.37. The number of hydrogen-bond donors (Lipinski definition) is 1. The summed E-state index contributed by atoms with van der Waals surface area (Å²) in [6.45, 7) is 5.78. The van der Waals surface area contributed by atoms with Crippen molar-refractivity contribution in [2.45, 2.75) is 39.5 Å². The van der Waals surface area contributed by atoms with Gasteiger partial charge in [0.05, 0.1) is 6.61 Å². The molecule has 1 aromatic carbocycles. The van der Waals surface area contributed by atoms with Crippen LogP contribution in [0.1, 0.15) is 39.5 Å². The van der Waals surface area contributed by atoms with Gasteiger partial charge in [0.25, 0.3) is 0 Å². The normalized spacial score (nSPS) is 11.6. The SMILES string of the molecule is CCC(CC)(CN)CCCOc1ccc(F)cc1. The predicted molar refractivity (Wildman–Crippen MR) is 73.2 cm³/mol. The molecule has 0 aliphatic heterocycles. The second-order valence-corrected chi connectivity index (χ2v) is 4.82. The minimum absolute atomic E-state index is 0.235. The van der Waals surface area contributed by atoms with E-state index in [1.54, 1.807) is 12.1 Å². The third-order valence-corrected chi connectivity index (χ3v) is 3.87. The maximum atomic E-state index is 12.7. The first kappa shape index (κ1) is 15.0. The molecule has 0 saturated carbocycles. The largest absolute Gasteiger partial charge is 0.494 e. The highest BCUT2D eigenvalue weighted by Gasteiger charge is 2.23. The number of benzene rings is 1. The summed E-state index contributed by atoms with van der Waals surface area (Å²) in [7, 11) is 0. The van der Waals surface area contributed by atoms with Crippen LogP contribution in [-0.2, 0) is 0 Å². The highest BCUT2D eigenvalue weighted by Crippen LogP contribution is 2.30.